The van der Waals surface area contributed by atoms with Crippen LogP contribution >= 0.6 is 11.7 Å². The highest BCUT2D eigenvalue weighted by molar-refractivity contribution is 6.99. The smallest absolute Gasteiger partial charge is 0.258 e. The second kappa shape index (κ2) is 8.86. The van der Waals surface area contributed by atoms with Crippen molar-refractivity contribution in [3.8, 4) is 17.1 Å². The highest BCUT2D eigenvalue weighted by Gasteiger charge is 2.20. The minimum absolute atomic E-state index is 0.138. The van der Waals surface area contributed by atoms with Crippen LogP contribution in [0.2, 0.25) is 0 Å². The monoisotopic (exact) mass is 376 g/mol. The van der Waals surface area contributed by atoms with E-state index in [1.54, 1.807) is 12.1 Å². The maximum atomic E-state index is 13.4. The maximum Gasteiger partial charge on any atom is 0.258 e. The molecular formula is C18H21FN4O2S. The molecule has 0 radical (unpaired) electrons. The number of likely N-dealkylation sites (tertiary alicyclic amines) is 1. The minimum atomic E-state index is -0.359. The van der Waals surface area contributed by atoms with Gasteiger partial charge in [0, 0.05) is 31.2 Å². The van der Waals surface area contributed by atoms with Crippen LogP contribution in [0.1, 0.15) is 12.8 Å². The Labute approximate surface area is 156 Å². The van der Waals surface area contributed by atoms with Crippen LogP contribution in [-0.2, 0) is 4.79 Å². The number of halogens is 1. The number of hydrogen-bond donors (Lipinski definition) is 1. The van der Waals surface area contributed by atoms with Crippen LogP contribution in [0, 0.1) is 5.82 Å². The summed E-state index contributed by atoms with van der Waals surface area (Å²) in [7, 11) is 0. The quantitative estimate of drug-likeness (QED) is 0.752. The second-order valence-electron chi connectivity index (χ2n) is 6.15. The number of piperidine rings is 1. The number of rotatable bonds is 7. The van der Waals surface area contributed by atoms with Crippen LogP contribution in [0.5, 0.6) is 5.88 Å². The molecule has 2 heterocycles. The van der Waals surface area contributed by atoms with Crippen molar-refractivity contribution >= 4 is 17.6 Å². The summed E-state index contributed by atoms with van der Waals surface area (Å²) in [5.41, 5.74) is 1.02. The van der Waals surface area contributed by atoms with Gasteiger partial charge in [-0.15, -0.1) is 11.0 Å². The molecule has 0 saturated carbocycles. The normalized spacial score (nSPS) is 15.6. The summed E-state index contributed by atoms with van der Waals surface area (Å²) in [6, 6.07) is 6.20. The highest BCUT2D eigenvalue weighted by atomic mass is 32.1. The predicted octanol–water partition coefficient (Wildman–Crippen LogP) is 2.49. The van der Waals surface area contributed by atoms with Gasteiger partial charge in [-0.1, -0.05) is 18.2 Å². The van der Waals surface area contributed by atoms with Gasteiger partial charge >= 0.3 is 0 Å². The Kier molecular flexibility index (Phi) is 6.30. The molecule has 1 N–H and O–H groups in total. The van der Waals surface area contributed by atoms with E-state index in [-0.39, 0.29) is 30.3 Å². The minimum Gasteiger partial charge on any atom is -0.465 e. The molecule has 1 aromatic heterocycles. The van der Waals surface area contributed by atoms with Gasteiger partial charge in [-0.05, 0) is 25.0 Å². The van der Waals surface area contributed by atoms with Crippen molar-refractivity contribution in [1.82, 2.24) is 19.0 Å². The molecule has 1 aliphatic heterocycles. The largest absolute Gasteiger partial charge is 0.465 e. The zero-order valence-corrected chi connectivity index (χ0v) is 15.2. The van der Waals surface area contributed by atoms with E-state index in [1.165, 1.54) is 12.1 Å². The van der Waals surface area contributed by atoms with Gasteiger partial charge in [-0.25, -0.2) is 4.39 Å². The van der Waals surface area contributed by atoms with Gasteiger partial charge < -0.3 is 10.1 Å². The van der Waals surface area contributed by atoms with Crippen molar-refractivity contribution in [3.05, 3.63) is 42.7 Å². The van der Waals surface area contributed by atoms with Gasteiger partial charge in [0.2, 0.25) is 0 Å². The van der Waals surface area contributed by atoms with Crippen molar-refractivity contribution in [2.24, 2.45) is 0 Å². The average Bonchev–Trinajstić information content (AvgIpc) is 3.10. The van der Waals surface area contributed by atoms with Gasteiger partial charge in [0.1, 0.15) is 11.5 Å². The first kappa shape index (κ1) is 18.5. The summed E-state index contributed by atoms with van der Waals surface area (Å²) < 4.78 is 27.1. The molecular weight excluding hydrogens is 355 g/mol. The average molecular weight is 376 g/mol. The number of benzene rings is 1. The van der Waals surface area contributed by atoms with Crippen molar-refractivity contribution < 1.29 is 13.9 Å². The Morgan fingerprint density at radius 3 is 2.96 bits per heavy atom. The van der Waals surface area contributed by atoms with Crippen LogP contribution in [0.3, 0.4) is 0 Å². The van der Waals surface area contributed by atoms with Crippen molar-refractivity contribution in [2.45, 2.75) is 18.9 Å². The number of ether oxygens (including phenoxy) is 1. The first-order chi connectivity index (χ1) is 12.7. The summed E-state index contributed by atoms with van der Waals surface area (Å²) in [5.74, 6) is -0.302. The SMILES string of the molecule is C=CCN1CCC(NC(=O)COc2nsnc2-c2cccc(F)c2)CC1. The Bertz CT molecular complexity index is 759. The van der Waals surface area contributed by atoms with E-state index in [0.717, 1.165) is 44.2 Å². The number of hydrogen-bond acceptors (Lipinski definition) is 6. The number of carbonyl (C=O) groups is 1. The molecule has 138 valence electrons. The standard InChI is InChI=1S/C18H21FN4O2S/c1-2-8-23-9-6-15(7-10-23)20-16(24)12-25-18-17(21-26-22-18)13-4-3-5-14(19)11-13/h2-5,11,15H,1,6-10,12H2,(H,20,24). The summed E-state index contributed by atoms with van der Waals surface area (Å²) >= 11 is 0.966. The summed E-state index contributed by atoms with van der Waals surface area (Å²) in [6.07, 6.45) is 3.71. The third kappa shape index (κ3) is 4.86. The van der Waals surface area contributed by atoms with E-state index in [0.29, 0.717) is 11.3 Å². The molecule has 0 bridgehead atoms. The van der Waals surface area contributed by atoms with Crippen LogP contribution in [0.15, 0.2) is 36.9 Å². The first-order valence-electron chi connectivity index (χ1n) is 8.49. The van der Waals surface area contributed by atoms with E-state index in [1.807, 2.05) is 6.08 Å². The third-order valence-corrected chi connectivity index (χ3v) is 4.75. The van der Waals surface area contributed by atoms with E-state index >= 15 is 0 Å². The molecule has 6 nitrogen and oxygen atoms in total. The molecule has 1 saturated heterocycles. The van der Waals surface area contributed by atoms with Gasteiger partial charge in [0.05, 0.1) is 11.7 Å². The van der Waals surface area contributed by atoms with E-state index in [4.69, 9.17) is 4.74 Å². The van der Waals surface area contributed by atoms with Gasteiger partial charge in [-0.3, -0.25) is 9.69 Å². The number of carbonyl (C=O) groups excluding carboxylic acids is 1. The van der Waals surface area contributed by atoms with Crippen LogP contribution in [0.25, 0.3) is 11.3 Å². The first-order valence-corrected chi connectivity index (χ1v) is 9.22. The third-order valence-electron chi connectivity index (χ3n) is 4.24. The highest BCUT2D eigenvalue weighted by Crippen LogP contribution is 2.28. The Morgan fingerprint density at radius 1 is 1.42 bits per heavy atom. The molecule has 3 rings (SSSR count). The Morgan fingerprint density at radius 2 is 2.23 bits per heavy atom. The summed E-state index contributed by atoms with van der Waals surface area (Å²) in [5, 5.41) is 2.99. The maximum absolute atomic E-state index is 13.4. The van der Waals surface area contributed by atoms with Gasteiger partial charge in [0.25, 0.3) is 11.8 Å². The van der Waals surface area contributed by atoms with Crippen LogP contribution in [0.4, 0.5) is 4.39 Å². The molecule has 0 atom stereocenters. The molecule has 1 aliphatic rings. The van der Waals surface area contributed by atoms with Crippen molar-refractivity contribution in [3.63, 3.8) is 0 Å². The van der Waals surface area contributed by atoms with E-state index in [2.05, 4.69) is 25.5 Å². The number of amides is 1. The fraction of sp³-hybridized carbons (Fsp3) is 0.389. The Hall–Kier alpha value is -2.32. The molecule has 2 aromatic rings. The molecule has 1 amide bonds. The zero-order valence-electron chi connectivity index (χ0n) is 14.4. The van der Waals surface area contributed by atoms with Gasteiger partial charge in [0.15, 0.2) is 6.61 Å². The lowest BCUT2D eigenvalue weighted by Gasteiger charge is -2.31. The zero-order chi connectivity index (χ0) is 18.4. The lowest BCUT2D eigenvalue weighted by Crippen LogP contribution is -2.45. The van der Waals surface area contributed by atoms with Crippen LogP contribution < -0.4 is 10.1 Å². The van der Waals surface area contributed by atoms with Crippen molar-refractivity contribution in [2.75, 3.05) is 26.2 Å². The number of nitrogens with one attached hydrogen (secondary N) is 1. The summed E-state index contributed by atoms with van der Waals surface area (Å²) in [6.45, 7) is 6.37. The molecule has 0 spiro atoms. The molecule has 26 heavy (non-hydrogen) atoms. The lowest BCUT2D eigenvalue weighted by atomic mass is 10.1. The molecule has 1 fully saturated rings. The number of nitrogens with zero attached hydrogens (tertiary/aromatic N) is 3. The molecule has 1 aromatic carbocycles. The lowest BCUT2D eigenvalue weighted by molar-refractivity contribution is -0.124. The fourth-order valence-electron chi connectivity index (χ4n) is 2.93. The van der Waals surface area contributed by atoms with Crippen LogP contribution in [-0.4, -0.2) is 51.8 Å². The topological polar surface area (TPSA) is 67.4 Å². The molecule has 0 aliphatic carbocycles. The van der Waals surface area contributed by atoms with Crippen molar-refractivity contribution in [1.29, 1.82) is 0 Å². The fourth-order valence-corrected chi connectivity index (χ4v) is 3.45. The predicted molar refractivity (Wildman–Crippen MR) is 98.6 cm³/mol. The summed E-state index contributed by atoms with van der Waals surface area (Å²) in [4.78, 5) is 14.4. The number of aromatic nitrogens is 2. The van der Waals surface area contributed by atoms with E-state index < -0.39 is 0 Å². The second-order valence-corrected chi connectivity index (χ2v) is 6.68. The molecule has 0 unspecified atom stereocenters. The van der Waals surface area contributed by atoms with Gasteiger partial charge in [-0.2, -0.15) is 4.37 Å². The molecule has 8 heteroatoms. The van der Waals surface area contributed by atoms with E-state index in [9.17, 15) is 9.18 Å². The Balaban J connectivity index is 1.50.